The molecule has 0 saturated carbocycles. The number of carbonyl (C=O) groups is 1. The second-order valence-electron chi connectivity index (χ2n) is 3.42. The molecule has 0 fully saturated rings. The van der Waals surface area contributed by atoms with E-state index >= 15 is 0 Å². The van der Waals surface area contributed by atoms with Gasteiger partial charge in [-0.15, -0.1) is 11.3 Å². The van der Waals surface area contributed by atoms with E-state index in [4.69, 9.17) is 11.6 Å². The Morgan fingerprint density at radius 2 is 2.38 bits per heavy atom. The van der Waals surface area contributed by atoms with Crippen LogP contribution >= 0.6 is 22.9 Å². The molecule has 0 aliphatic carbocycles. The fourth-order valence-electron chi connectivity index (χ4n) is 1.48. The quantitative estimate of drug-likeness (QED) is 0.790. The predicted octanol–water partition coefficient (Wildman–Crippen LogP) is 2.93. The normalized spacial score (nSPS) is 10.7. The Bertz CT molecular complexity index is 530. The van der Waals surface area contributed by atoms with Gasteiger partial charge in [-0.25, -0.2) is 0 Å². The first kappa shape index (κ1) is 11.4. The first-order valence-corrected chi connectivity index (χ1v) is 6.19. The van der Waals surface area contributed by atoms with Crippen LogP contribution in [-0.2, 0) is 13.5 Å². The van der Waals surface area contributed by atoms with Gasteiger partial charge in [0, 0.05) is 7.05 Å². The largest absolute Gasteiger partial charge is 0.286 e. The lowest BCUT2D eigenvalue weighted by molar-refractivity contribution is 0.103. The number of hydrogen-bond donors (Lipinski definition) is 0. The number of aryl methyl sites for hydroxylation is 2. The Morgan fingerprint density at radius 1 is 1.62 bits per heavy atom. The molecule has 3 nitrogen and oxygen atoms in total. The molecule has 2 rings (SSSR count). The molecule has 0 atom stereocenters. The Labute approximate surface area is 103 Å². The summed E-state index contributed by atoms with van der Waals surface area (Å²) < 4.78 is 1.61. The summed E-state index contributed by atoms with van der Waals surface area (Å²) in [5.41, 5.74) is 1.50. The van der Waals surface area contributed by atoms with Crippen molar-refractivity contribution in [3.8, 4) is 0 Å². The van der Waals surface area contributed by atoms with E-state index in [-0.39, 0.29) is 5.78 Å². The van der Waals surface area contributed by atoms with Gasteiger partial charge in [-0.2, -0.15) is 5.10 Å². The molecule has 0 saturated heterocycles. The summed E-state index contributed by atoms with van der Waals surface area (Å²) >= 11 is 7.29. The highest BCUT2D eigenvalue weighted by Crippen LogP contribution is 2.25. The topological polar surface area (TPSA) is 34.9 Å². The molecule has 2 aromatic heterocycles. The van der Waals surface area contributed by atoms with E-state index in [1.165, 1.54) is 11.3 Å². The van der Waals surface area contributed by atoms with Gasteiger partial charge in [-0.1, -0.05) is 18.5 Å². The number of hydrogen-bond acceptors (Lipinski definition) is 3. The molecule has 0 amide bonds. The van der Waals surface area contributed by atoms with Crippen molar-refractivity contribution in [1.82, 2.24) is 9.78 Å². The SMILES string of the molecule is CCc1cc(C(=O)c2sccc2Cl)n(C)n1. The maximum Gasteiger partial charge on any atom is 0.222 e. The van der Waals surface area contributed by atoms with Crippen LogP contribution in [0.4, 0.5) is 0 Å². The smallest absolute Gasteiger partial charge is 0.222 e. The van der Waals surface area contributed by atoms with E-state index in [1.807, 2.05) is 18.4 Å². The fraction of sp³-hybridized carbons (Fsp3) is 0.273. The van der Waals surface area contributed by atoms with Crippen molar-refractivity contribution in [1.29, 1.82) is 0 Å². The molecule has 0 radical (unpaired) electrons. The molecule has 0 aromatic carbocycles. The lowest BCUT2D eigenvalue weighted by Gasteiger charge is -1.98. The highest BCUT2D eigenvalue weighted by molar-refractivity contribution is 7.13. The Kier molecular flexibility index (Phi) is 3.12. The van der Waals surface area contributed by atoms with E-state index in [1.54, 1.807) is 17.8 Å². The highest BCUT2D eigenvalue weighted by atomic mass is 35.5. The number of halogens is 1. The molecule has 0 aliphatic heterocycles. The number of carbonyl (C=O) groups excluding carboxylic acids is 1. The summed E-state index contributed by atoms with van der Waals surface area (Å²) in [6.07, 6.45) is 0.819. The molecule has 2 heterocycles. The number of thiophene rings is 1. The maximum absolute atomic E-state index is 12.1. The molecule has 5 heteroatoms. The first-order chi connectivity index (χ1) is 7.63. The van der Waals surface area contributed by atoms with Gasteiger partial charge in [0.1, 0.15) is 5.69 Å². The minimum atomic E-state index is -0.0605. The minimum Gasteiger partial charge on any atom is -0.286 e. The zero-order valence-electron chi connectivity index (χ0n) is 9.03. The average Bonchev–Trinajstić information content (AvgIpc) is 2.83. The molecule has 0 N–H and O–H groups in total. The van der Waals surface area contributed by atoms with Crippen LogP contribution in [0.3, 0.4) is 0 Å². The van der Waals surface area contributed by atoms with Crippen LogP contribution in [0.5, 0.6) is 0 Å². The van der Waals surface area contributed by atoms with Crippen molar-refractivity contribution in [3.63, 3.8) is 0 Å². The van der Waals surface area contributed by atoms with Gasteiger partial charge in [0.2, 0.25) is 5.78 Å². The van der Waals surface area contributed by atoms with Gasteiger partial charge >= 0.3 is 0 Å². The van der Waals surface area contributed by atoms with E-state index < -0.39 is 0 Å². The number of nitrogens with zero attached hydrogens (tertiary/aromatic N) is 2. The lowest BCUT2D eigenvalue weighted by Crippen LogP contribution is -2.06. The summed E-state index contributed by atoms with van der Waals surface area (Å²) in [7, 11) is 1.77. The Morgan fingerprint density at radius 3 is 2.88 bits per heavy atom. The van der Waals surface area contributed by atoms with E-state index in [0.717, 1.165) is 12.1 Å². The van der Waals surface area contributed by atoms with Crippen molar-refractivity contribution in [3.05, 3.63) is 38.8 Å². The van der Waals surface area contributed by atoms with Gasteiger partial charge in [0.05, 0.1) is 15.6 Å². The van der Waals surface area contributed by atoms with E-state index in [9.17, 15) is 4.79 Å². The molecule has 0 spiro atoms. The molecular formula is C11H11ClN2OS. The molecular weight excluding hydrogens is 244 g/mol. The third-order valence-corrected chi connectivity index (χ3v) is 3.69. The third kappa shape index (κ3) is 1.90. The monoisotopic (exact) mass is 254 g/mol. The number of rotatable bonds is 3. The molecule has 0 unspecified atom stereocenters. The second-order valence-corrected chi connectivity index (χ2v) is 4.75. The standard InChI is InChI=1S/C11H11ClN2OS/c1-3-7-6-9(14(2)13-7)10(15)11-8(12)4-5-16-11/h4-6H,3H2,1-2H3. The molecule has 0 aliphatic rings. The average molecular weight is 255 g/mol. The summed E-state index contributed by atoms with van der Waals surface area (Å²) in [5.74, 6) is -0.0605. The fourth-order valence-corrected chi connectivity index (χ4v) is 2.57. The van der Waals surface area contributed by atoms with E-state index in [0.29, 0.717) is 15.6 Å². The van der Waals surface area contributed by atoms with Crippen molar-refractivity contribution in [2.24, 2.45) is 7.05 Å². The summed E-state index contributed by atoms with van der Waals surface area (Å²) in [6.45, 7) is 2.01. The summed E-state index contributed by atoms with van der Waals surface area (Å²) in [5, 5.41) is 6.57. The van der Waals surface area contributed by atoms with Crippen LogP contribution in [0.1, 0.15) is 28.0 Å². The van der Waals surface area contributed by atoms with Crippen molar-refractivity contribution >= 4 is 28.7 Å². The summed E-state index contributed by atoms with van der Waals surface area (Å²) in [6, 6.07) is 3.55. The minimum absolute atomic E-state index is 0.0605. The van der Waals surface area contributed by atoms with Crippen LogP contribution < -0.4 is 0 Å². The zero-order valence-corrected chi connectivity index (χ0v) is 10.6. The third-order valence-electron chi connectivity index (χ3n) is 2.35. The summed E-state index contributed by atoms with van der Waals surface area (Å²) in [4.78, 5) is 12.7. The van der Waals surface area contributed by atoms with Gasteiger partial charge in [-0.3, -0.25) is 9.48 Å². The number of ketones is 1. The predicted molar refractivity (Wildman–Crippen MR) is 65.3 cm³/mol. The molecule has 84 valence electrons. The molecule has 2 aromatic rings. The van der Waals surface area contributed by atoms with Gasteiger partial charge in [0.25, 0.3) is 0 Å². The van der Waals surface area contributed by atoms with Crippen LogP contribution in [-0.4, -0.2) is 15.6 Å². The van der Waals surface area contributed by atoms with Crippen molar-refractivity contribution in [2.45, 2.75) is 13.3 Å². The molecule has 16 heavy (non-hydrogen) atoms. The van der Waals surface area contributed by atoms with Crippen LogP contribution in [0.15, 0.2) is 17.5 Å². The van der Waals surface area contributed by atoms with Crippen LogP contribution in [0.2, 0.25) is 5.02 Å². The highest BCUT2D eigenvalue weighted by Gasteiger charge is 2.18. The van der Waals surface area contributed by atoms with Crippen LogP contribution in [0.25, 0.3) is 0 Å². The first-order valence-electron chi connectivity index (χ1n) is 4.94. The van der Waals surface area contributed by atoms with Gasteiger partial charge in [-0.05, 0) is 23.9 Å². The number of aromatic nitrogens is 2. The zero-order chi connectivity index (χ0) is 11.7. The van der Waals surface area contributed by atoms with Crippen molar-refractivity contribution < 1.29 is 4.79 Å². The Balaban J connectivity index is 2.41. The van der Waals surface area contributed by atoms with E-state index in [2.05, 4.69) is 5.10 Å². The lowest BCUT2D eigenvalue weighted by atomic mass is 10.2. The second kappa shape index (κ2) is 4.39. The Hall–Kier alpha value is -1.13. The van der Waals surface area contributed by atoms with Gasteiger partial charge in [0.15, 0.2) is 0 Å². The maximum atomic E-state index is 12.1. The molecule has 0 bridgehead atoms. The van der Waals surface area contributed by atoms with Crippen molar-refractivity contribution in [2.75, 3.05) is 0 Å². The van der Waals surface area contributed by atoms with Crippen LogP contribution in [0, 0.1) is 0 Å². The van der Waals surface area contributed by atoms with Gasteiger partial charge < -0.3 is 0 Å².